The van der Waals surface area contributed by atoms with E-state index in [4.69, 9.17) is 28.9 Å². The van der Waals surface area contributed by atoms with Crippen LogP contribution in [0.4, 0.5) is 5.69 Å². The van der Waals surface area contributed by atoms with Gasteiger partial charge in [0.2, 0.25) is 4.77 Å². The van der Waals surface area contributed by atoms with Crippen LogP contribution in [-0.4, -0.2) is 40.5 Å². The van der Waals surface area contributed by atoms with Gasteiger partial charge in [0.25, 0.3) is 0 Å². The van der Waals surface area contributed by atoms with Crippen molar-refractivity contribution in [3.8, 4) is 11.4 Å². The Morgan fingerprint density at radius 1 is 1.07 bits per heavy atom. The summed E-state index contributed by atoms with van der Waals surface area (Å²) in [4.78, 5) is 3.89. The van der Waals surface area contributed by atoms with E-state index in [1.54, 1.807) is 0 Å². The molecule has 4 rings (SSSR count). The third kappa shape index (κ3) is 3.99. The van der Waals surface area contributed by atoms with E-state index in [-0.39, 0.29) is 0 Å². The van der Waals surface area contributed by atoms with Gasteiger partial charge in [0.1, 0.15) is 0 Å². The number of hydrogen-bond acceptors (Lipinski definition) is 3. The number of piperazine rings is 1. The van der Waals surface area contributed by atoms with E-state index in [0.29, 0.717) is 0 Å². The lowest BCUT2D eigenvalue weighted by atomic mass is 10.2. The SMILES string of the molecule is CCn1c(-c2ccccc2)nn(C[NH+]2CCN(c3cccc(Cl)c3)CC2)c1=S. The lowest BCUT2D eigenvalue weighted by molar-refractivity contribution is -0.924. The number of aromatic nitrogens is 3. The Kier molecular flexibility index (Phi) is 5.80. The second-order valence-corrected chi connectivity index (χ2v) is 7.89. The average Bonchev–Trinajstić information content (AvgIpc) is 3.04. The van der Waals surface area contributed by atoms with Crippen LogP contribution in [0.3, 0.4) is 0 Å². The van der Waals surface area contributed by atoms with Crippen molar-refractivity contribution < 1.29 is 4.90 Å². The van der Waals surface area contributed by atoms with E-state index in [1.165, 1.54) is 10.6 Å². The summed E-state index contributed by atoms with van der Waals surface area (Å²) >= 11 is 11.9. The van der Waals surface area contributed by atoms with Crippen LogP contribution in [-0.2, 0) is 13.2 Å². The number of benzene rings is 2. The molecule has 1 N–H and O–H groups in total. The second kappa shape index (κ2) is 8.47. The normalized spacial score (nSPS) is 15.1. The van der Waals surface area contributed by atoms with Crippen LogP contribution in [0.1, 0.15) is 6.92 Å². The third-order valence-electron chi connectivity index (χ3n) is 5.29. The van der Waals surface area contributed by atoms with Crippen molar-refractivity contribution in [3.05, 3.63) is 64.4 Å². The van der Waals surface area contributed by atoms with Gasteiger partial charge < -0.3 is 14.4 Å². The van der Waals surface area contributed by atoms with Gasteiger partial charge >= 0.3 is 0 Å². The monoisotopic (exact) mass is 414 g/mol. The molecule has 5 nitrogen and oxygen atoms in total. The summed E-state index contributed by atoms with van der Waals surface area (Å²) in [6.07, 6.45) is 0. The molecule has 2 aromatic carbocycles. The van der Waals surface area contributed by atoms with Crippen molar-refractivity contribution in [3.63, 3.8) is 0 Å². The molecule has 0 radical (unpaired) electrons. The third-order valence-corrected chi connectivity index (χ3v) is 5.95. The molecule has 1 aromatic heterocycles. The maximum atomic E-state index is 6.14. The van der Waals surface area contributed by atoms with Gasteiger partial charge in [-0.15, -0.1) is 5.10 Å². The first kappa shape index (κ1) is 19.2. The van der Waals surface area contributed by atoms with Crippen molar-refractivity contribution in [2.75, 3.05) is 31.1 Å². The molecule has 0 atom stereocenters. The number of quaternary nitrogens is 1. The number of halogens is 1. The molecular formula is C21H25ClN5S+. The zero-order valence-corrected chi connectivity index (χ0v) is 17.6. The van der Waals surface area contributed by atoms with Crippen molar-refractivity contribution in [1.29, 1.82) is 0 Å². The highest BCUT2D eigenvalue weighted by Gasteiger charge is 2.22. The minimum Gasteiger partial charge on any atom is -0.360 e. The maximum absolute atomic E-state index is 6.14. The number of nitrogens with zero attached hydrogens (tertiary/aromatic N) is 4. The van der Waals surface area contributed by atoms with Crippen LogP contribution in [0.2, 0.25) is 5.02 Å². The maximum Gasteiger partial charge on any atom is 0.203 e. The molecular weight excluding hydrogens is 390 g/mol. The fraction of sp³-hybridized carbons (Fsp3) is 0.333. The first-order valence-corrected chi connectivity index (χ1v) is 10.5. The van der Waals surface area contributed by atoms with Gasteiger partial charge in [0, 0.05) is 22.8 Å². The quantitative estimate of drug-likeness (QED) is 0.651. The molecule has 2 heterocycles. The molecule has 1 aliphatic rings. The fourth-order valence-electron chi connectivity index (χ4n) is 3.75. The standard InChI is InChI=1S/C21H24ClN5S/c1-2-26-20(17-7-4-3-5-8-17)23-27(21(26)28)16-24-11-13-25(14-12-24)19-10-6-9-18(22)15-19/h3-10,15H,2,11-14,16H2,1H3/p+1. The predicted octanol–water partition coefficient (Wildman–Crippen LogP) is 3.12. The van der Waals surface area contributed by atoms with Crippen LogP contribution >= 0.6 is 23.8 Å². The molecule has 0 aliphatic carbocycles. The first-order valence-electron chi connectivity index (χ1n) is 9.73. The summed E-state index contributed by atoms with van der Waals surface area (Å²) in [7, 11) is 0. The summed E-state index contributed by atoms with van der Waals surface area (Å²) in [5.41, 5.74) is 2.31. The summed E-state index contributed by atoms with van der Waals surface area (Å²) in [5, 5.41) is 5.65. The van der Waals surface area contributed by atoms with Crippen LogP contribution in [0.15, 0.2) is 54.6 Å². The van der Waals surface area contributed by atoms with Gasteiger partial charge in [-0.25, -0.2) is 0 Å². The number of anilines is 1. The smallest absolute Gasteiger partial charge is 0.203 e. The molecule has 1 fully saturated rings. The topological polar surface area (TPSA) is 30.4 Å². The highest BCUT2D eigenvalue weighted by Crippen LogP contribution is 2.20. The fourth-order valence-corrected chi connectivity index (χ4v) is 4.26. The molecule has 3 aromatic rings. The van der Waals surface area contributed by atoms with Gasteiger partial charge in [-0.2, -0.15) is 4.68 Å². The Hall–Kier alpha value is -2.15. The van der Waals surface area contributed by atoms with Gasteiger partial charge in [0.05, 0.1) is 26.2 Å². The minimum atomic E-state index is 0.789. The van der Waals surface area contributed by atoms with Crippen molar-refractivity contribution in [1.82, 2.24) is 14.3 Å². The van der Waals surface area contributed by atoms with E-state index < -0.39 is 0 Å². The number of nitrogens with one attached hydrogen (secondary N) is 1. The average molecular weight is 415 g/mol. The Balaban J connectivity index is 1.47. The summed E-state index contributed by atoms with van der Waals surface area (Å²) in [6.45, 7) is 7.84. The highest BCUT2D eigenvalue weighted by atomic mass is 35.5. The zero-order valence-electron chi connectivity index (χ0n) is 16.0. The molecule has 1 saturated heterocycles. The Morgan fingerprint density at radius 3 is 2.50 bits per heavy atom. The summed E-state index contributed by atoms with van der Waals surface area (Å²) in [5.74, 6) is 0.949. The number of hydrogen-bond donors (Lipinski definition) is 1. The molecule has 0 amide bonds. The zero-order chi connectivity index (χ0) is 19.5. The Morgan fingerprint density at radius 2 is 1.82 bits per heavy atom. The molecule has 0 saturated carbocycles. The minimum absolute atomic E-state index is 0.789. The van der Waals surface area contributed by atoms with E-state index in [9.17, 15) is 0 Å². The van der Waals surface area contributed by atoms with Crippen LogP contribution < -0.4 is 9.80 Å². The molecule has 28 heavy (non-hydrogen) atoms. The van der Waals surface area contributed by atoms with Crippen molar-refractivity contribution in [2.24, 2.45) is 0 Å². The van der Waals surface area contributed by atoms with Crippen molar-refractivity contribution in [2.45, 2.75) is 20.1 Å². The largest absolute Gasteiger partial charge is 0.360 e. The van der Waals surface area contributed by atoms with E-state index in [1.807, 2.05) is 41.1 Å². The summed E-state index contributed by atoms with van der Waals surface area (Å²) in [6, 6.07) is 18.4. The molecule has 7 heteroatoms. The van der Waals surface area contributed by atoms with E-state index in [0.717, 1.165) is 60.6 Å². The second-order valence-electron chi connectivity index (χ2n) is 7.09. The van der Waals surface area contributed by atoms with Crippen LogP contribution in [0.25, 0.3) is 11.4 Å². The molecule has 0 bridgehead atoms. The van der Waals surface area contributed by atoms with Crippen LogP contribution in [0.5, 0.6) is 0 Å². The molecule has 146 valence electrons. The van der Waals surface area contributed by atoms with E-state index in [2.05, 4.69) is 34.6 Å². The van der Waals surface area contributed by atoms with Gasteiger partial charge in [-0.1, -0.05) is 48.0 Å². The highest BCUT2D eigenvalue weighted by molar-refractivity contribution is 7.71. The molecule has 1 aliphatic heterocycles. The Bertz CT molecular complexity index is 990. The first-order chi connectivity index (χ1) is 13.7. The predicted molar refractivity (Wildman–Crippen MR) is 117 cm³/mol. The summed E-state index contributed by atoms with van der Waals surface area (Å²) < 4.78 is 4.91. The van der Waals surface area contributed by atoms with Gasteiger partial charge in [0.15, 0.2) is 12.5 Å². The molecule has 0 spiro atoms. The van der Waals surface area contributed by atoms with Crippen molar-refractivity contribution >= 4 is 29.5 Å². The van der Waals surface area contributed by atoms with E-state index >= 15 is 0 Å². The Labute approximate surface area is 175 Å². The lowest BCUT2D eigenvalue weighted by Crippen LogP contribution is -3.14. The molecule has 0 unspecified atom stereocenters. The van der Waals surface area contributed by atoms with Crippen LogP contribution in [0, 0.1) is 4.77 Å². The van der Waals surface area contributed by atoms with Gasteiger partial charge in [-0.3, -0.25) is 0 Å². The lowest BCUT2D eigenvalue weighted by Gasteiger charge is -2.33. The van der Waals surface area contributed by atoms with Gasteiger partial charge in [-0.05, 0) is 37.3 Å². The number of rotatable bonds is 5.